The molecule has 164 valence electrons. The van der Waals surface area contributed by atoms with Crippen LogP contribution in [0.2, 0.25) is 0 Å². The number of piperazine rings is 1. The van der Waals surface area contributed by atoms with E-state index >= 15 is 0 Å². The van der Waals surface area contributed by atoms with Crippen molar-refractivity contribution in [2.75, 3.05) is 31.5 Å². The fraction of sp³-hybridized carbons (Fsp3) is 0.565. The Kier molecular flexibility index (Phi) is 6.05. The van der Waals surface area contributed by atoms with Crippen LogP contribution in [0.15, 0.2) is 24.5 Å². The summed E-state index contributed by atoms with van der Waals surface area (Å²) in [4.78, 5) is 25.0. The highest BCUT2D eigenvalue weighted by molar-refractivity contribution is 5.90. The largest absolute Gasteiger partial charge is 0.367 e. The predicted octanol–water partition coefficient (Wildman–Crippen LogP) is 3.12. The summed E-state index contributed by atoms with van der Waals surface area (Å²) in [6.07, 6.45) is 5.77. The van der Waals surface area contributed by atoms with E-state index in [0.29, 0.717) is 30.7 Å². The maximum Gasteiger partial charge on any atom is 0.259 e. The Morgan fingerprint density at radius 3 is 2.52 bits per heavy atom. The van der Waals surface area contributed by atoms with Crippen LogP contribution in [0.25, 0.3) is 10.9 Å². The van der Waals surface area contributed by atoms with Gasteiger partial charge in [0.2, 0.25) is 0 Å². The van der Waals surface area contributed by atoms with Gasteiger partial charge in [0.1, 0.15) is 12.1 Å². The Morgan fingerprint density at radius 2 is 1.87 bits per heavy atom. The van der Waals surface area contributed by atoms with Crippen molar-refractivity contribution in [3.05, 3.63) is 30.1 Å². The first kappa shape index (κ1) is 21.4. The van der Waals surface area contributed by atoms with Crippen LogP contribution in [0, 0.1) is 11.3 Å². The third-order valence-electron chi connectivity index (χ3n) is 6.43. The number of carbonyl (C=O) groups excluding carboxylic acids is 1. The maximum absolute atomic E-state index is 13.9. The number of nitrogens with zero attached hydrogens (tertiary/aromatic N) is 5. The molecule has 2 aliphatic rings. The zero-order valence-electron chi connectivity index (χ0n) is 18.1. The van der Waals surface area contributed by atoms with Crippen molar-refractivity contribution in [3.63, 3.8) is 0 Å². The van der Waals surface area contributed by atoms with Crippen LogP contribution in [-0.2, 0) is 4.79 Å². The normalized spacial score (nSPS) is 22.8. The number of nitriles is 1. The Labute approximate surface area is 182 Å². The molecule has 1 saturated carbocycles. The molecule has 8 heteroatoms. The molecule has 1 saturated heterocycles. The molecule has 0 unspecified atom stereocenters. The van der Waals surface area contributed by atoms with E-state index < -0.39 is 11.6 Å². The second-order valence-corrected chi connectivity index (χ2v) is 9.02. The van der Waals surface area contributed by atoms with Gasteiger partial charge in [0.15, 0.2) is 5.67 Å². The quantitative estimate of drug-likeness (QED) is 0.812. The molecule has 4 rings (SSSR count). The van der Waals surface area contributed by atoms with Gasteiger partial charge >= 0.3 is 0 Å². The molecular weight excluding hydrogens is 395 g/mol. The fourth-order valence-corrected chi connectivity index (χ4v) is 4.69. The first-order chi connectivity index (χ1) is 14.8. The topological polar surface area (TPSA) is 85.2 Å². The lowest BCUT2D eigenvalue weighted by atomic mass is 9.89. The molecule has 2 fully saturated rings. The van der Waals surface area contributed by atoms with E-state index in [9.17, 15) is 14.4 Å². The minimum atomic E-state index is -1.80. The lowest BCUT2D eigenvalue weighted by molar-refractivity contribution is -0.144. The van der Waals surface area contributed by atoms with Gasteiger partial charge in [-0.2, -0.15) is 5.26 Å². The summed E-state index contributed by atoms with van der Waals surface area (Å²) in [6.45, 7) is 5.46. The Bertz CT molecular complexity index is 982. The first-order valence-electron chi connectivity index (χ1n) is 11.0. The molecule has 2 heterocycles. The SMILES string of the molecule is CC(C)(F)C(=O)N1CCN(C2CCC(Nc3ncnc4ccc(C#N)cc34)CC2)CC1. The number of amides is 1. The Balaban J connectivity index is 1.32. The minimum absolute atomic E-state index is 0.329. The van der Waals surface area contributed by atoms with Crippen LogP contribution in [0.4, 0.5) is 10.2 Å². The van der Waals surface area contributed by atoms with Crippen molar-refractivity contribution >= 4 is 22.6 Å². The summed E-state index contributed by atoms with van der Waals surface area (Å²) in [5.74, 6) is 0.378. The van der Waals surface area contributed by atoms with Crippen LogP contribution in [0.5, 0.6) is 0 Å². The van der Waals surface area contributed by atoms with Gasteiger partial charge in [0, 0.05) is 43.6 Å². The van der Waals surface area contributed by atoms with Gasteiger partial charge in [-0.05, 0) is 57.7 Å². The fourth-order valence-electron chi connectivity index (χ4n) is 4.69. The van der Waals surface area contributed by atoms with E-state index in [4.69, 9.17) is 0 Å². The van der Waals surface area contributed by atoms with Crippen LogP contribution < -0.4 is 5.32 Å². The molecule has 0 bridgehead atoms. The first-order valence-corrected chi connectivity index (χ1v) is 11.0. The summed E-state index contributed by atoms with van der Waals surface area (Å²) >= 11 is 0. The average molecular weight is 425 g/mol. The van der Waals surface area contributed by atoms with Crippen molar-refractivity contribution in [3.8, 4) is 6.07 Å². The zero-order valence-corrected chi connectivity index (χ0v) is 18.1. The van der Waals surface area contributed by atoms with Crippen molar-refractivity contribution in [1.29, 1.82) is 5.26 Å². The number of halogens is 1. The van der Waals surface area contributed by atoms with Gasteiger partial charge < -0.3 is 10.2 Å². The molecule has 0 spiro atoms. The van der Waals surface area contributed by atoms with Gasteiger partial charge in [0.25, 0.3) is 5.91 Å². The highest BCUT2D eigenvalue weighted by Crippen LogP contribution is 2.28. The summed E-state index contributed by atoms with van der Waals surface area (Å²) in [5, 5.41) is 13.6. The van der Waals surface area contributed by atoms with Gasteiger partial charge in [-0.3, -0.25) is 9.69 Å². The number of nitrogens with one attached hydrogen (secondary N) is 1. The number of aromatic nitrogens is 2. The maximum atomic E-state index is 13.9. The van der Waals surface area contributed by atoms with Gasteiger partial charge in [-0.25, -0.2) is 14.4 Å². The van der Waals surface area contributed by atoms with E-state index in [-0.39, 0.29) is 0 Å². The molecule has 1 aliphatic carbocycles. The second-order valence-electron chi connectivity index (χ2n) is 9.02. The van der Waals surface area contributed by atoms with Crippen LogP contribution in [0.1, 0.15) is 45.1 Å². The van der Waals surface area contributed by atoms with E-state index in [0.717, 1.165) is 55.5 Å². The van der Waals surface area contributed by atoms with E-state index in [1.165, 1.54) is 13.8 Å². The third kappa shape index (κ3) is 4.77. The highest BCUT2D eigenvalue weighted by Gasteiger charge is 2.35. The number of benzene rings is 1. The summed E-state index contributed by atoms with van der Waals surface area (Å²) in [7, 11) is 0. The number of hydrogen-bond donors (Lipinski definition) is 1. The van der Waals surface area contributed by atoms with Crippen LogP contribution >= 0.6 is 0 Å². The molecule has 0 atom stereocenters. The van der Waals surface area contributed by atoms with Gasteiger partial charge in [0.05, 0.1) is 17.1 Å². The second kappa shape index (κ2) is 8.75. The molecule has 1 N–H and O–H groups in total. The van der Waals surface area contributed by atoms with Gasteiger partial charge in [-0.15, -0.1) is 0 Å². The van der Waals surface area contributed by atoms with E-state index in [2.05, 4.69) is 26.3 Å². The molecule has 1 aromatic carbocycles. The molecule has 1 aromatic heterocycles. The highest BCUT2D eigenvalue weighted by atomic mass is 19.1. The summed E-state index contributed by atoms with van der Waals surface area (Å²) in [6, 6.07) is 8.47. The van der Waals surface area contributed by atoms with Crippen molar-refractivity contribution in [2.24, 2.45) is 0 Å². The minimum Gasteiger partial charge on any atom is -0.367 e. The Hall–Kier alpha value is -2.79. The van der Waals surface area contributed by atoms with Crippen LogP contribution in [0.3, 0.4) is 0 Å². The van der Waals surface area contributed by atoms with E-state index in [1.54, 1.807) is 17.3 Å². The molecule has 1 aliphatic heterocycles. The monoisotopic (exact) mass is 424 g/mol. The van der Waals surface area contributed by atoms with Crippen LogP contribution in [-0.4, -0.2) is 69.6 Å². The van der Waals surface area contributed by atoms with Gasteiger partial charge in [-0.1, -0.05) is 0 Å². The standard InChI is InChI=1S/C23H29FN6O/c1-23(2,24)22(31)30-11-9-29(10-12-30)18-6-4-17(5-7-18)28-21-19-13-16(14-25)3-8-20(19)26-15-27-21/h3,8,13,15,17-18H,4-7,9-12H2,1-2H3,(H,26,27,28). The predicted molar refractivity (Wildman–Crippen MR) is 117 cm³/mol. The average Bonchev–Trinajstić information content (AvgIpc) is 2.78. The smallest absolute Gasteiger partial charge is 0.259 e. The number of hydrogen-bond acceptors (Lipinski definition) is 6. The Morgan fingerprint density at radius 1 is 1.16 bits per heavy atom. The summed E-state index contributed by atoms with van der Waals surface area (Å²) in [5.41, 5.74) is -0.373. The number of alkyl halides is 1. The number of anilines is 1. The summed E-state index contributed by atoms with van der Waals surface area (Å²) < 4.78 is 13.9. The van der Waals surface area contributed by atoms with Crippen molar-refractivity contribution in [2.45, 2.75) is 57.3 Å². The molecule has 31 heavy (non-hydrogen) atoms. The molecule has 0 radical (unpaired) electrons. The lowest BCUT2D eigenvalue weighted by Crippen LogP contribution is -2.55. The molecule has 1 amide bonds. The zero-order chi connectivity index (χ0) is 22.0. The molecule has 2 aromatic rings. The number of rotatable bonds is 4. The third-order valence-corrected chi connectivity index (χ3v) is 6.43. The lowest BCUT2D eigenvalue weighted by Gasteiger charge is -2.42. The van der Waals surface area contributed by atoms with Crippen molar-refractivity contribution < 1.29 is 9.18 Å². The molecule has 7 nitrogen and oxygen atoms in total. The number of carbonyl (C=O) groups is 1. The van der Waals surface area contributed by atoms with Crippen molar-refractivity contribution in [1.82, 2.24) is 19.8 Å². The van der Waals surface area contributed by atoms with E-state index in [1.807, 2.05) is 12.1 Å². The number of fused-ring (bicyclic) bond motifs is 1. The molecular formula is C23H29FN6O.